The molecule has 5 nitrogen and oxygen atoms in total. The number of rotatable bonds is 2. The van der Waals surface area contributed by atoms with Crippen molar-refractivity contribution in [1.82, 2.24) is 10.1 Å². The van der Waals surface area contributed by atoms with Crippen LogP contribution in [0.4, 0.5) is 13.2 Å². The van der Waals surface area contributed by atoms with Crippen molar-refractivity contribution in [2.75, 3.05) is 0 Å². The van der Waals surface area contributed by atoms with Gasteiger partial charge < -0.3 is 9.63 Å². The van der Waals surface area contributed by atoms with Crippen molar-refractivity contribution in [3.05, 3.63) is 22.9 Å². The molecule has 2 heterocycles. The zero-order valence-electron chi connectivity index (χ0n) is 7.85. The van der Waals surface area contributed by atoms with E-state index in [1.54, 1.807) is 0 Å². The highest BCUT2D eigenvalue weighted by Crippen LogP contribution is 2.31. The number of alkyl halides is 3. The Morgan fingerprint density at radius 3 is 2.59 bits per heavy atom. The van der Waals surface area contributed by atoms with Crippen LogP contribution in [0.1, 0.15) is 15.6 Å². The van der Waals surface area contributed by atoms with Gasteiger partial charge in [0.2, 0.25) is 5.82 Å². The van der Waals surface area contributed by atoms with Gasteiger partial charge in [-0.25, -0.2) is 4.79 Å². The van der Waals surface area contributed by atoms with Gasteiger partial charge in [0.05, 0.1) is 4.88 Å². The van der Waals surface area contributed by atoms with E-state index in [4.69, 9.17) is 5.11 Å². The third-order valence-electron chi connectivity index (χ3n) is 1.71. The zero-order valence-corrected chi connectivity index (χ0v) is 8.67. The number of nitrogens with zero attached hydrogens (tertiary/aromatic N) is 2. The van der Waals surface area contributed by atoms with Crippen LogP contribution in [0.25, 0.3) is 10.7 Å². The van der Waals surface area contributed by atoms with E-state index in [0.29, 0.717) is 0 Å². The maximum absolute atomic E-state index is 12.2. The molecule has 0 radical (unpaired) electrons. The number of aromatic carboxylic acids is 1. The number of hydrogen-bond donors (Lipinski definition) is 1. The summed E-state index contributed by atoms with van der Waals surface area (Å²) in [5, 5.41) is 11.8. The molecule has 0 amide bonds. The van der Waals surface area contributed by atoms with Crippen LogP contribution in [0.2, 0.25) is 0 Å². The normalized spacial score (nSPS) is 11.7. The molecule has 0 saturated heterocycles. The van der Waals surface area contributed by atoms with Crippen molar-refractivity contribution in [3.63, 3.8) is 0 Å². The summed E-state index contributed by atoms with van der Waals surface area (Å²) in [7, 11) is 0. The SMILES string of the molecule is O=C(O)c1ccc(-c2noc(C(F)(F)F)n2)s1. The van der Waals surface area contributed by atoms with E-state index in [1.165, 1.54) is 12.1 Å². The molecule has 0 spiro atoms. The van der Waals surface area contributed by atoms with E-state index in [9.17, 15) is 18.0 Å². The maximum atomic E-state index is 12.2. The van der Waals surface area contributed by atoms with Crippen molar-refractivity contribution in [2.24, 2.45) is 0 Å². The third-order valence-corrected chi connectivity index (χ3v) is 2.77. The maximum Gasteiger partial charge on any atom is 0.471 e. The fourth-order valence-electron chi connectivity index (χ4n) is 1.01. The first-order valence-corrected chi connectivity index (χ1v) is 4.94. The second-order valence-electron chi connectivity index (χ2n) is 2.89. The van der Waals surface area contributed by atoms with Crippen LogP contribution >= 0.6 is 11.3 Å². The summed E-state index contributed by atoms with van der Waals surface area (Å²) in [5.41, 5.74) is 0. The summed E-state index contributed by atoms with van der Waals surface area (Å²) in [6.07, 6.45) is -4.71. The first kappa shape index (κ1) is 11.6. The molecule has 9 heteroatoms. The Balaban J connectivity index is 2.34. The lowest BCUT2D eigenvalue weighted by atomic mass is 10.4. The summed E-state index contributed by atoms with van der Waals surface area (Å²) in [5.74, 6) is -2.91. The van der Waals surface area contributed by atoms with Crippen LogP contribution < -0.4 is 0 Å². The molecule has 0 unspecified atom stereocenters. The molecule has 2 aromatic heterocycles. The van der Waals surface area contributed by atoms with Crippen LogP contribution in [0.5, 0.6) is 0 Å². The molecule has 90 valence electrons. The van der Waals surface area contributed by atoms with Gasteiger partial charge in [-0.1, -0.05) is 5.16 Å². The highest BCUT2D eigenvalue weighted by atomic mass is 32.1. The van der Waals surface area contributed by atoms with Gasteiger partial charge in [0, 0.05) is 0 Å². The smallest absolute Gasteiger partial charge is 0.471 e. The minimum atomic E-state index is -4.71. The molecule has 0 bridgehead atoms. The minimum Gasteiger partial charge on any atom is -0.477 e. The Kier molecular flexibility index (Phi) is 2.62. The average molecular weight is 264 g/mol. The summed E-state index contributed by atoms with van der Waals surface area (Å²) in [4.78, 5) is 13.9. The largest absolute Gasteiger partial charge is 0.477 e. The fourth-order valence-corrected chi connectivity index (χ4v) is 1.78. The van der Waals surface area contributed by atoms with Gasteiger partial charge in [0.25, 0.3) is 0 Å². The van der Waals surface area contributed by atoms with Crippen LogP contribution in [0, 0.1) is 0 Å². The zero-order chi connectivity index (χ0) is 12.6. The van der Waals surface area contributed by atoms with E-state index < -0.39 is 18.0 Å². The predicted molar refractivity (Wildman–Crippen MR) is 49.6 cm³/mol. The number of hydrogen-bond acceptors (Lipinski definition) is 5. The van der Waals surface area contributed by atoms with Crippen molar-refractivity contribution >= 4 is 17.3 Å². The molecular weight excluding hydrogens is 261 g/mol. The van der Waals surface area contributed by atoms with E-state index in [-0.39, 0.29) is 15.6 Å². The van der Waals surface area contributed by atoms with E-state index in [0.717, 1.165) is 11.3 Å². The van der Waals surface area contributed by atoms with Crippen LogP contribution in [0.15, 0.2) is 16.7 Å². The van der Waals surface area contributed by atoms with E-state index >= 15 is 0 Å². The molecule has 0 aliphatic rings. The molecule has 0 atom stereocenters. The number of thiophene rings is 1. The molecule has 17 heavy (non-hydrogen) atoms. The lowest BCUT2D eigenvalue weighted by molar-refractivity contribution is -0.159. The van der Waals surface area contributed by atoms with Crippen LogP contribution in [-0.2, 0) is 6.18 Å². The van der Waals surface area contributed by atoms with Crippen molar-refractivity contribution in [2.45, 2.75) is 6.18 Å². The van der Waals surface area contributed by atoms with Gasteiger partial charge in [-0.3, -0.25) is 0 Å². The van der Waals surface area contributed by atoms with Crippen molar-refractivity contribution in [1.29, 1.82) is 0 Å². The number of aromatic nitrogens is 2. The molecule has 0 fully saturated rings. The summed E-state index contributed by atoms with van der Waals surface area (Å²) in [6.45, 7) is 0. The standard InChI is InChI=1S/C8H3F3N2O3S/c9-8(10,11)7-12-5(13-16-7)3-1-2-4(17-3)6(14)15/h1-2H,(H,14,15). The van der Waals surface area contributed by atoms with Crippen molar-refractivity contribution < 1.29 is 27.6 Å². The highest BCUT2D eigenvalue weighted by Gasteiger charge is 2.38. The van der Waals surface area contributed by atoms with Gasteiger partial charge in [0.1, 0.15) is 4.88 Å². The van der Waals surface area contributed by atoms with Gasteiger partial charge in [0.15, 0.2) is 0 Å². The molecule has 0 aliphatic carbocycles. The number of halogens is 3. The van der Waals surface area contributed by atoms with E-state index in [2.05, 4.69) is 14.7 Å². The minimum absolute atomic E-state index is 0.0154. The summed E-state index contributed by atoms with van der Waals surface area (Å²) in [6, 6.07) is 2.57. The Hall–Kier alpha value is -1.90. The monoisotopic (exact) mass is 264 g/mol. The molecule has 2 rings (SSSR count). The third kappa shape index (κ3) is 2.28. The number of carboxylic acid groups (broad SMARTS) is 1. The average Bonchev–Trinajstić information content (AvgIpc) is 2.85. The van der Waals surface area contributed by atoms with Crippen LogP contribution in [-0.4, -0.2) is 21.2 Å². The fraction of sp³-hybridized carbons (Fsp3) is 0.125. The van der Waals surface area contributed by atoms with Gasteiger partial charge in [-0.05, 0) is 12.1 Å². The van der Waals surface area contributed by atoms with Crippen molar-refractivity contribution in [3.8, 4) is 10.7 Å². The Morgan fingerprint density at radius 2 is 2.12 bits per heavy atom. The topological polar surface area (TPSA) is 76.2 Å². The lowest BCUT2D eigenvalue weighted by Crippen LogP contribution is -2.04. The molecular formula is C8H3F3N2O3S. The second-order valence-corrected chi connectivity index (χ2v) is 3.97. The molecule has 0 aromatic carbocycles. The Bertz CT molecular complexity index is 560. The van der Waals surface area contributed by atoms with Gasteiger partial charge in [-0.15, -0.1) is 11.3 Å². The van der Waals surface area contributed by atoms with Crippen LogP contribution in [0.3, 0.4) is 0 Å². The summed E-state index contributed by atoms with van der Waals surface area (Å²) >= 11 is 0.766. The molecule has 1 N–H and O–H groups in total. The quantitative estimate of drug-likeness (QED) is 0.901. The Morgan fingerprint density at radius 1 is 1.41 bits per heavy atom. The lowest BCUT2D eigenvalue weighted by Gasteiger charge is -1.95. The highest BCUT2D eigenvalue weighted by molar-refractivity contribution is 7.17. The Labute approximate surface area is 95.5 Å². The van der Waals surface area contributed by atoms with E-state index in [1.807, 2.05) is 0 Å². The molecule has 2 aromatic rings. The van der Waals surface area contributed by atoms with Gasteiger partial charge in [-0.2, -0.15) is 18.2 Å². The second kappa shape index (κ2) is 3.84. The number of carbonyl (C=O) groups is 1. The number of carboxylic acids is 1. The van der Waals surface area contributed by atoms with Gasteiger partial charge >= 0.3 is 18.0 Å². The molecule has 0 aliphatic heterocycles. The predicted octanol–water partition coefficient (Wildman–Crippen LogP) is 2.52. The molecule has 0 saturated carbocycles. The summed E-state index contributed by atoms with van der Waals surface area (Å²) < 4.78 is 40.5. The first-order valence-electron chi connectivity index (χ1n) is 4.12. The first-order chi connectivity index (χ1) is 7.88.